The summed E-state index contributed by atoms with van der Waals surface area (Å²) in [5.41, 5.74) is 6.32. The van der Waals surface area contributed by atoms with E-state index in [1.54, 1.807) is 0 Å². The summed E-state index contributed by atoms with van der Waals surface area (Å²) in [7, 11) is -2.59. The van der Waals surface area contributed by atoms with Crippen molar-refractivity contribution in [3.8, 4) is 0 Å². The van der Waals surface area contributed by atoms with Crippen LogP contribution in [0.2, 0.25) is 0 Å². The third-order valence-corrected chi connectivity index (χ3v) is 17.0. The molecule has 0 fully saturated rings. The van der Waals surface area contributed by atoms with E-state index in [2.05, 4.69) is 39.3 Å². The number of rotatable bonds is 9. The van der Waals surface area contributed by atoms with E-state index in [9.17, 15) is 0 Å². The third-order valence-electron chi connectivity index (χ3n) is 5.64. The quantitative estimate of drug-likeness (QED) is 0.386. The van der Waals surface area contributed by atoms with E-state index in [1.165, 1.54) is 19.3 Å². The fourth-order valence-electron chi connectivity index (χ4n) is 3.06. The molecule has 0 aliphatic carbocycles. The Morgan fingerprint density at radius 1 is 0.947 bits per heavy atom. The van der Waals surface area contributed by atoms with Crippen molar-refractivity contribution in [1.82, 2.24) is 4.72 Å². The van der Waals surface area contributed by atoms with Crippen LogP contribution in [0.25, 0.3) is 0 Å². The zero-order valence-corrected chi connectivity index (χ0v) is 14.7. The molecule has 114 valence electrons. The average Bonchev–Trinajstić information content (AvgIpc) is 2.42. The van der Waals surface area contributed by atoms with Crippen LogP contribution in [-0.4, -0.2) is 85.3 Å². The molecule has 0 radical (unpaired) electrons. The summed E-state index contributed by atoms with van der Waals surface area (Å²) in [4.78, 5) is 0. The molecule has 0 saturated heterocycles. The van der Waals surface area contributed by atoms with Gasteiger partial charge in [-0.1, -0.05) is 59.7 Å². The second kappa shape index (κ2) is 8.46. The monoisotopic (exact) mass is 334 g/mol. The van der Waals surface area contributed by atoms with Crippen molar-refractivity contribution in [2.75, 3.05) is 29.6 Å². The molecule has 0 aliphatic rings. The van der Waals surface area contributed by atoms with Crippen LogP contribution in [0, 0.1) is 0 Å². The first-order valence-corrected chi connectivity index (χ1v) is 11.0. The maximum atomic E-state index is 6.32. The predicted octanol–water partition coefficient (Wildman–Crippen LogP) is 3.23. The van der Waals surface area contributed by atoms with Gasteiger partial charge in [0, 0.05) is 6.54 Å². The fourth-order valence-corrected chi connectivity index (χ4v) is 10.0. The minimum absolute atomic E-state index is 0. The van der Waals surface area contributed by atoms with Crippen LogP contribution in [0.1, 0.15) is 53.9 Å². The van der Waals surface area contributed by atoms with Crippen molar-refractivity contribution < 1.29 is 0 Å². The Kier molecular flexibility index (Phi) is 10.3. The van der Waals surface area contributed by atoms with Gasteiger partial charge < -0.3 is 5.73 Å². The molecule has 0 aromatic heterocycles. The van der Waals surface area contributed by atoms with Crippen molar-refractivity contribution in [3.05, 3.63) is 0 Å². The standard InChI is InChI=1S/C14H34N2S2.K.H/c1-6-11-12-13-16-18(7-2,8-3,9-4,10-5)14(15)17;;/h16H,6-13H2,1-5H3,(H2,15,17);;. The molecule has 0 rings (SSSR count). The van der Waals surface area contributed by atoms with Gasteiger partial charge in [-0.25, -0.2) is 0 Å². The van der Waals surface area contributed by atoms with E-state index < -0.39 is 8.48 Å². The van der Waals surface area contributed by atoms with E-state index >= 15 is 0 Å². The van der Waals surface area contributed by atoms with Crippen LogP contribution in [0.4, 0.5) is 0 Å². The Morgan fingerprint density at radius 2 is 1.37 bits per heavy atom. The van der Waals surface area contributed by atoms with Crippen LogP contribution < -0.4 is 10.5 Å². The molecule has 0 aromatic carbocycles. The molecule has 0 saturated carbocycles. The van der Waals surface area contributed by atoms with E-state index in [0.717, 1.165) is 33.9 Å². The maximum absolute atomic E-state index is 6.32. The second-order valence-corrected chi connectivity index (χ2v) is 14.3. The Hall–Kier alpha value is 1.84. The molecule has 0 bridgehead atoms. The molecule has 0 aliphatic heterocycles. The number of nitrogens with one attached hydrogen (secondary N) is 1. The summed E-state index contributed by atoms with van der Waals surface area (Å²) >= 11 is 5.60. The fraction of sp³-hybridized carbons (Fsp3) is 0.929. The Morgan fingerprint density at radius 3 is 1.63 bits per heavy atom. The summed E-state index contributed by atoms with van der Waals surface area (Å²) in [6.45, 7) is 12.4. The van der Waals surface area contributed by atoms with Gasteiger partial charge in [0.05, 0.1) is 0 Å². The first kappa shape index (κ1) is 23.1. The van der Waals surface area contributed by atoms with Gasteiger partial charge in [-0.3, -0.25) is 4.72 Å². The normalized spacial score (nSPS) is 15.2. The first-order valence-electron chi connectivity index (χ1n) is 7.44. The summed E-state index contributed by atoms with van der Waals surface area (Å²) in [5, 5.41) is 0. The molecule has 19 heavy (non-hydrogen) atoms. The molecular weight excluding hydrogens is 299 g/mol. The molecule has 0 spiro atoms. The topological polar surface area (TPSA) is 38.0 Å². The van der Waals surface area contributed by atoms with Gasteiger partial charge >= 0.3 is 51.4 Å². The zero-order valence-electron chi connectivity index (χ0n) is 13.1. The number of unbranched alkanes of at least 4 members (excludes halogenated alkanes) is 2. The van der Waals surface area contributed by atoms with Crippen LogP contribution in [0.5, 0.6) is 0 Å². The number of hydrogen-bond donors (Lipinski definition) is 2. The van der Waals surface area contributed by atoms with Gasteiger partial charge in [0.25, 0.3) is 0 Å². The average molecular weight is 335 g/mol. The van der Waals surface area contributed by atoms with Crippen LogP contribution in [0.15, 0.2) is 0 Å². The van der Waals surface area contributed by atoms with Crippen molar-refractivity contribution in [2.45, 2.75) is 53.9 Å². The van der Waals surface area contributed by atoms with E-state index in [-0.39, 0.29) is 51.4 Å². The molecule has 0 atom stereocenters. The third kappa shape index (κ3) is 3.78. The molecule has 5 heteroatoms. The van der Waals surface area contributed by atoms with Gasteiger partial charge in [-0.15, -0.1) is 0 Å². The second-order valence-electron chi connectivity index (χ2n) is 5.56. The molecule has 0 heterocycles. The summed E-state index contributed by atoms with van der Waals surface area (Å²) in [6, 6.07) is 0. The van der Waals surface area contributed by atoms with Crippen LogP contribution in [-0.2, 0) is 0 Å². The minimum atomic E-state index is -2.59. The van der Waals surface area contributed by atoms with Gasteiger partial charge in [-0.05, 0) is 29.4 Å². The van der Waals surface area contributed by atoms with Gasteiger partial charge in [0.15, 0.2) is 0 Å². The molecule has 0 amide bonds. The van der Waals surface area contributed by atoms with Crippen molar-refractivity contribution in [2.24, 2.45) is 5.73 Å². The van der Waals surface area contributed by atoms with E-state index in [0.29, 0.717) is 0 Å². The van der Waals surface area contributed by atoms with Crippen LogP contribution >= 0.6 is 20.7 Å². The molecule has 3 N–H and O–H groups in total. The summed E-state index contributed by atoms with van der Waals surface area (Å²) < 4.78 is 4.71. The van der Waals surface area contributed by atoms with E-state index in [1.807, 2.05) is 0 Å². The van der Waals surface area contributed by atoms with Gasteiger partial charge in [0.1, 0.15) is 4.32 Å². The molecule has 0 aromatic rings. The zero-order chi connectivity index (χ0) is 14.3. The van der Waals surface area contributed by atoms with Crippen molar-refractivity contribution >= 4 is 76.4 Å². The Labute approximate surface area is 168 Å². The summed E-state index contributed by atoms with van der Waals surface area (Å²) in [5.74, 6) is 4.30. The predicted molar refractivity (Wildman–Crippen MR) is 101 cm³/mol. The molecule has 2 nitrogen and oxygen atoms in total. The van der Waals surface area contributed by atoms with E-state index in [4.69, 9.17) is 18.0 Å². The number of nitrogens with two attached hydrogens (primary N) is 1. The Bertz CT molecular complexity index is 274. The Balaban J connectivity index is 0. The molecule has 0 unspecified atom stereocenters. The molecular formula is C14H35KN2S2. The van der Waals surface area contributed by atoms with Gasteiger partial charge in [0.2, 0.25) is 0 Å². The van der Waals surface area contributed by atoms with Crippen molar-refractivity contribution in [1.29, 1.82) is 0 Å². The van der Waals surface area contributed by atoms with Crippen molar-refractivity contribution in [3.63, 3.8) is 0 Å². The summed E-state index contributed by atoms with van der Waals surface area (Å²) in [6.07, 6.45) is 3.75. The van der Waals surface area contributed by atoms with Gasteiger partial charge in [-0.2, -0.15) is 8.48 Å². The number of hydrogen-bond acceptors (Lipinski definition) is 2. The van der Waals surface area contributed by atoms with Crippen LogP contribution in [0.3, 0.4) is 0 Å². The first-order chi connectivity index (χ1) is 8.37. The SMILES string of the molecule is CCCCCNS(CC)(CC)(CC)(CC)C(N)=S.[KH]. The number of thiocarbonyl (C=S) groups is 1.